The van der Waals surface area contributed by atoms with E-state index in [1.165, 1.54) is 4.88 Å². The van der Waals surface area contributed by atoms with Crippen molar-refractivity contribution in [2.45, 2.75) is 20.0 Å². The van der Waals surface area contributed by atoms with E-state index in [0.29, 0.717) is 0 Å². The molecule has 4 nitrogen and oxygen atoms in total. The van der Waals surface area contributed by atoms with E-state index in [4.69, 9.17) is 5.11 Å². The number of carbonyl (C=O) groups is 1. The predicted octanol–water partition coefficient (Wildman–Crippen LogP) is 2.86. The van der Waals surface area contributed by atoms with E-state index in [1.54, 1.807) is 23.6 Å². The van der Waals surface area contributed by atoms with E-state index in [-0.39, 0.29) is 5.69 Å². The molecule has 2 aromatic rings. The number of aromatic carboxylic acids is 1. The number of nitrogens with zero attached hydrogens (tertiary/aromatic N) is 2. The van der Waals surface area contributed by atoms with E-state index >= 15 is 0 Å². The predicted molar refractivity (Wildman–Crippen MR) is 75.3 cm³/mol. The SMILES string of the molecule is CCN(Cc1ccnc(C(=O)O)c1)Cc1cccs1. The Labute approximate surface area is 116 Å². The molecule has 0 radical (unpaired) electrons. The van der Waals surface area contributed by atoms with Crippen molar-refractivity contribution in [1.82, 2.24) is 9.88 Å². The average molecular weight is 276 g/mol. The van der Waals surface area contributed by atoms with E-state index in [1.807, 2.05) is 12.1 Å². The smallest absolute Gasteiger partial charge is 0.354 e. The van der Waals surface area contributed by atoms with Gasteiger partial charge in [-0.3, -0.25) is 4.90 Å². The molecule has 0 aromatic carbocycles. The zero-order valence-electron chi connectivity index (χ0n) is 10.7. The van der Waals surface area contributed by atoms with E-state index in [0.717, 1.165) is 25.2 Å². The van der Waals surface area contributed by atoms with Crippen molar-refractivity contribution >= 4 is 17.3 Å². The first-order valence-electron chi connectivity index (χ1n) is 6.12. The van der Waals surface area contributed by atoms with Gasteiger partial charge in [-0.2, -0.15) is 0 Å². The molecule has 0 aliphatic rings. The van der Waals surface area contributed by atoms with Crippen molar-refractivity contribution in [3.8, 4) is 0 Å². The van der Waals surface area contributed by atoms with Gasteiger partial charge in [-0.05, 0) is 35.7 Å². The number of aromatic nitrogens is 1. The highest BCUT2D eigenvalue weighted by Crippen LogP contribution is 2.14. The van der Waals surface area contributed by atoms with Gasteiger partial charge >= 0.3 is 5.97 Å². The summed E-state index contributed by atoms with van der Waals surface area (Å²) in [5, 5.41) is 11.0. The third kappa shape index (κ3) is 3.87. The lowest BCUT2D eigenvalue weighted by Gasteiger charge is -2.19. The molecule has 19 heavy (non-hydrogen) atoms. The molecular formula is C14H16N2O2S. The van der Waals surface area contributed by atoms with Crippen LogP contribution in [-0.2, 0) is 13.1 Å². The molecule has 2 heterocycles. The van der Waals surface area contributed by atoms with Crippen LogP contribution in [0.25, 0.3) is 0 Å². The number of rotatable bonds is 6. The average Bonchev–Trinajstić information content (AvgIpc) is 2.91. The Kier molecular flexibility index (Phi) is 4.65. The molecule has 2 rings (SSSR count). The summed E-state index contributed by atoms with van der Waals surface area (Å²) in [5.41, 5.74) is 1.08. The zero-order valence-corrected chi connectivity index (χ0v) is 11.6. The second-order valence-corrected chi connectivity index (χ2v) is 5.27. The summed E-state index contributed by atoms with van der Waals surface area (Å²) < 4.78 is 0. The number of hydrogen-bond donors (Lipinski definition) is 1. The van der Waals surface area contributed by atoms with Gasteiger partial charge in [0.1, 0.15) is 5.69 Å². The fourth-order valence-electron chi connectivity index (χ4n) is 1.85. The maximum atomic E-state index is 10.9. The molecule has 0 amide bonds. The molecule has 0 saturated heterocycles. The Hall–Kier alpha value is -1.72. The molecule has 0 unspecified atom stereocenters. The summed E-state index contributed by atoms with van der Waals surface area (Å²) in [6, 6.07) is 7.66. The van der Waals surface area contributed by atoms with Crippen molar-refractivity contribution in [3.05, 3.63) is 52.0 Å². The summed E-state index contributed by atoms with van der Waals surface area (Å²) in [6.07, 6.45) is 1.55. The van der Waals surface area contributed by atoms with Gasteiger partial charge in [0.15, 0.2) is 0 Å². The summed E-state index contributed by atoms with van der Waals surface area (Å²) in [5.74, 6) is -0.983. The monoisotopic (exact) mass is 276 g/mol. The topological polar surface area (TPSA) is 53.4 Å². The van der Waals surface area contributed by atoms with Crippen molar-refractivity contribution in [3.63, 3.8) is 0 Å². The Morgan fingerprint density at radius 3 is 2.89 bits per heavy atom. The standard InChI is InChI=1S/C14H16N2O2S/c1-2-16(10-12-4-3-7-19-12)9-11-5-6-15-13(8-11)14(17)18/h3-8H,2,9-10H2,1H3,(H,17,18). The largest absolute Gasteiger partial charge is 0.477 e. The number of pyridine rings is 1. The molecule has 0 spiro atoms. The van der Waals surface area contributed by atoms with Crippen LogP contribution in [0.5, 0.6) is 0 Å². The normalized spacial score (nSPS) is 10.8. The van der Waals surface area contributed by atoms with Gasteiger partial charge in [-0.15, -0.1) is 11.3 Å². The minimum Gasteiger partial charge on any atom is -0.477 e. The molecule has 100 valence electrons. The van der Waals surface area contributed by atoms with Crippen LogP contribution >= 0.6 is 11.3 Å². The third-order valence-corrected chi connectivity index (χ3v) is 3.72. The van der Waals surface area contributed by atoms with Gasteiger partial charge < -0.3 is 5.11 Å². The fraction of sp³-hybridized carbons (Fsp3) is 0.286. The first-order chi connectivity index (χ1) is 9.19. The summed E-state index contributed by atoms with van der Waals surface area (Å²) in [7, 11) is 0. The lowest BCUT2D eigenvalue weighted by atomic mass is 10.2. The Bertz CT molecular complexity index is 540. The van der Waals surface area contributed by atoms with Crippen LogP contribution in [0.4, 0.5) is 0 Å². The number of hydrogen-bond acceptors (Lipinski definition) is 4. The first-order valence-corrected chi connectivity index (χ1v) is 7.00. The molecule has 1 N–H and O–H groups in total. The molecule has 0 atom stereocenters. The Balaban J connectivity index is 2.05. The van der Waals surface area contributed by atoms with E-state index in [2.05, 4.69) is 28.3 Å². The van der Waals surface area contributed by atoms with Crippen LogP contribution in [0.15, 0.2) is 35.8 Å². The lowest BCUT2D eigenvalue weighted by Crippen LogP contribution is -2.22. The second kappa shape index (κ2) is 6.45. The van der Waals surface area contributed by atoms with E-state index < -0.39 is 5.97 Å². The molecule has 5 heteroatoms. The van der Waals surface area contributed by atoms with Crippen LogP contribution < -0.4 is 0 Å². The molecular weight excluding hydrogens is 260 g/mol. The van der Waals surface area contributed by atoms with Gasteiger partial charge in [0.05, 0.1) is 0 Å². The van der Waals surface area contributed by atoms with Crippen LogP contribution in [0.3, 0.4) is 0 Å². The van der Waals surface area contributed by atoms with Crippen molar-refractivity contribution in [2.24, 2.45) is 0 Å². The van der Waals surface area contributed by atoms with Gasteiger partial charge in [0.2, 0.25) is 0 Å². The molecule has 0 aliphatic carbocycles. The Morgan fingerprint density at radius 2 is 2.26 bits per heavy atom. The number of thiophene rings is 1. The minimum atomic E-state index is -0.983. The molecule has 0 bridgehead atoms. The van der Waals surface area contributed by atoms with Crippen LogP contribution in [-0.4, -0.2) is 27.5 Å². The van der Waals surface area contributed by atoms with E-state index in [9.17, 15) is 4.79 Å². The molecule has 0 aliphatic heterocycles. The minimum absolute atomic E-state index is 0.102. The maximum Gasteiger partial charge on any atom is 0.354 e. The van der Waals surface area contributed by atoms with Gasteiger partial charge in [-0.25, -0.2) is 9.78 Å². The maximum absolute atomic E-state index is 10.9. The van der Waals surface area contributed by atoms with Crippen LogP contribution in [0.2, 0.25) is 0 Å². The lowest BCUT2D eigenvalue weighted by molar-refractivity contribution is 0.0690. The highest BCUT2D eigenvalue weighted by atomic mass is 32.1. The fourth-order valence-corrected chi connectivity index (χ4v) is 2.60. The quantitative estimate of drug-likeness (QED) is 0.881. The molecule has 0 saturated carbocycles. The number of carboxylic acids is 1. The Morgan fingerprint density at radius 1 is 1.42 bits per heavy atom. The summed E-state index contributed by atoms with van der Waals surface area (Å²) in [6.45, 7) is 4.64. The highest BCUT2D eigenvalue weighted by Gasteiger charge is 2.09. The zero-order chi connectivity index (χ0) is 13.7. The third-order valence-electron chi connectivity index (χ3n) is 2.86. The van der Waals surface area contributed by atoms with Crippen molar-refractivity contribution in [2.75, 3.05) is 6.54 Å². The van der Waals surface area contributed by atoms with Crippen molar-refractivity contribution < 1.29 is 9.90 Å². The number of carboxylic acid groups (broad SMARTS) is 1. The van der Waals surface area contributed by atoms with Gasteiger partial charge in [0.25, 0.3) is 0 Å². The van der Waals surface area contributed by atoms with Crippen LogP contribution in [0, 0.1) is 0 Å². The second-order valence-electron chi connectivity index (χ2n) is 4.24. The molecule has 0 fully saturated rings. The van der Waals surface area contributed by atoms with Crippen LogP contribution in [0.1, 0.15) is 27.9 Å². The van der Waals surface area contributed by atoms with Gasteiger partial charge in [-0.1, -0.05) is 13.0 Å². The van der Waals surface area contributed by atoms with Crippen molar-refractivity contribution in [1.29, 1.82) is 0 Å². The highest BCUT2D eigenvalue weighted by molar-refractivity contribution is 7.09. The first kappa shape index (κ1) is 13.7. The summed E-state index contributed by atoms with van der Waals surface area (Å²) >= 11 is 1.74. The molecule has 2 aromatic heterocycles. The summed E-state index contributed by atoms with van der Waals surface area (Å²) in [4.78, 5) is 18.3. The van der Waals surface area contributed by atoms with Gasteiger partial charge in [0, 0.05) is 24.2 Å².